The highest BCUT2D eigenvalue weighted by atomic mass is 35.5. The normalized spacial score (nSPS) is 10.4. The standard InChI is InChI=1S/C12H11ClN2/c1-2-12(8-14,9-15)7-10-3-5-11(13)6-4-10/h3-6H,2,7H2,1H3. The van der Waals surface area contributed by atoms with Crippen LogP contribution >= 0.6 is 11.6 Å². The predicted molar refractivity (Wildman–Crippen MR) is 59.1 cm³/mol. The number of halogens is 1. The minimum absolute atomic E-state index is 0.452. The maximum atomic E-state index is 8.99. The monoisotopic (exact) mass is 218 g/mol. The summed E-state index contributed by atoms with van der Waals surface area (Å²) in [4.78, 5) is 0. The molecule has 0 amide bonds. The molecule has 0 aliphatic carbocycles. The fraction of sp³-hybridized carbons (Fsp3) is 0.333. The molecule has 2 nitrogen and oxygen atoms in total. The van der Waals surface area contributed by atoms with Crippen LogP contribution < -0.4 is 0 Å². The van der Waals surface area contributed by atoms with Crippen LogP contribution in [0.3, 0.4) is 0 Å². The van der Waals surface area contributed by atoms with Crippen LogP contribution in [0.25, 0.3) is 0 Å². The summed E-state index contributed by atoms with van der Waals surface area (Å²) in [6, 6.07) is 11.4. The molecule has 0 spiro atoms. The van der Waals surface area contributed by atoms with Crippen LogP contribution in [0, 0.1) is 28.1 Å². The molecule has 0 aliphatic rings. The first-order valence-corrected chi connectivity index (χ1v) is 5.10. The molecule has 0 heterocycles. The average Bonchev–Trinajstić information content (AvgIpc) is 2.29. The van der Waals surface area contributed by atoms with E-state index in [2.05, 4.69) is 12.1 Å². The summed E-state index contributed by atoms with van der Waals surface area (Å²) in [5, 5.41) is 18.6. The van der Waals surface area contributed by atoms with Crippen molar-refractivity contribution in [2.75, 3.05) is 0 Å². The minimum atomic E-state index is -0.909. The molecule has 1 aromatic carbocycles. The van der Waals surface area contributed by atoms with E-state index in [0.717, 1.165) is 5.56 Å². The van der Waals surface area contributed by atoms with Gasteiger partial charge in [0, 0.05) is 11.4 Å². The molecule has 0 bridgehead atoms. The second-order valence-electron chi connectivity index (χ2n) is 3.46. The Hall–Kier alpha value is -1.51. The number of hydrogen-bond acceptors (Lipinski definition) is 2. The molecule has 0 atom stereocenters. The molecule has 0 radical (unpaired) electrons. The van der Waals surface area contributed by atoms with Crippen LogP contribution in [0.5, 0.6) is 0 Å². The van der Waals surface area contributed by atoms with Crippen LogP contribution in [0.1, 0.15) is 18.9 Å². The number of nitrogens with zero attached hydrogens (tertiary/aromatic N) is 2. The Morgan fingerprint density at radius 1 is 1.20 bits per heavy atom. The lowest BCUT2D eigenvalue weighted by Crippen LogP contribution is -2.18. The molecule has 1 rings (SSSR count). The van der Waals surface area contributed by atoms with Crippen LogP contribution in [-0.2, 0) is 6.42 Å². The van der Waals surface area contributed by atoms with E-state index in [9.17, 15) is 0 Å². The Morgan fingerprint density at radius 2 is 1.73 bits per heavy atom. The molecule has 15 heavy (non-hydrogen) atoms. The largest absolute Gasteiger partial charge is 0.197 e. The molecule has 3 heteroatoms. The minimum Gasteiger partial charge on any atom is -0.197 e. The third-order valence-electron chi connectivity index (χ3n) is 2.45. The topological polar surface area (TPSA) is 47.6 Å². The van der Waals surface area contributed by atoms with E-state index < -0.39 is 5.41 Å². The first kappa shape index (κ1) is 11.6. The summed E-state index contributed by atoms with van der Waals surface area (Å²) in [6.07, 6.45) is 0.982. The van der Waals surface area contributed by atoms with Crippen LogP contribution in [0.2, 0.25) is 5.02 Å². The third kappa shape index (κ3) is 2.72. The highest BCUT2D eigenvalue weighted by Crippen LogP contribution is 2.25. The highest BCUT2D eigenvalue weighted by Gasteiger charge is 2.27. The summed E-state index contributed by atoms with van der Waals surface area (Å²) in [5.74, 6) is 0. The molecule has 0 fully saturated rings. The third-order valence-corrected chi connectivity index (χ3v) is 2.70. The molecule has 0 saturated carbocycles. The first-order chi connectivity index (χ1) is 7.15. The van der Waals surface area contributed by atoms with Gasteiger partial charge in [0.15, 0.2) is 0 Å². The van der Waals surface area contributed by atoms with E-state index in [1.165, 1.54) is 0 Å². The number of nitriles is 2. The zero-order chi connectivity index (χ0) is 11.3. The fourth-order valence-corrected chi connectivity index (χ4v) is 1.46. The van der Waals surface area contributed by atoms with Gasteiger partial charge < -0.3 is 0 Å². The van der Waals surface area contributed by atoms with E-state index in [1.54, 1.807) is 12.1 Å². The van der Waals surface area contributed by atoms with Crippen molar-refractivity contribution in [2.45, 2.75) is 19.8 Å². The van der Waals surface area contributed by atoms with Gasteiger partial charge in [-0.05, 0) is 24.1 Å². The van der Waals surface area contributed by atoms with E-state index in [-0.39, 0.29) is 0 Å². The van der Waals surface area contributed by atoms with Crippen molar-refractivity contribution >= 4 is 11.6 Å². The molecule has 0 unspecified atom stereocenters. The molecular formula is C12H11ClN2. The number of rotatable bonds is 3. The highest BCUT2D eigenvalue weighted by molar-refractivity contribution is 6.30. The van der Waals surface area contributed by atoms with Crippen LogP contribution in [0.4, 0.5) is 0 Å². The summed E-state index contributed by atoms with van der Waals surface area (Å²) in [5.41, 5.74) is 0.0535. The van der Waals surface area contributed by atoms with E-state index >= 15 is 0 Å². The molecule has 0 aromatic heterocycles. The van der Waals surface area contributed by atoms with Crippen LogP contribution in [-0.4, -0.2) is 0 Å². The Morgan fingerprint density at radius 3 is 2.13 bits per heavy atom. The number of benzene rings is 1. The van der Waals surface area contributed by atoms with Gasteiger partial charge in [-0.2, -0.15) is 10.5 Å². The number of hydrogen-bond donors (Lipinski definition) is 0. The van der Waals surface area contributed by atoms with E-state index in [4.69, 9.17) is 22.1 Å². The average molecular weight is 219 g/mol. The molecule has 0 N–H and O–H groups in total. The Balaban J connectivity index is 2.90. The van der Waals surface area contributed by atoms with E-state index in [1.807, 2.05) is 19.1 Å². The second-order valence-corrected chi connectivity index (χ2v) is 3.90. The van der Waals surface area contributed by atoms with Crippen LogP contribution in [0.15, 0.2) is 24.3 Å². The van der Waals surface area contributed by atoms with Crippen molar-refractivity contribution in [2.24, 2.45) is 5.41 Å². The lowest BCUT2D eigenvalue weighted by atomic mass is 9.82. The second kappa shape index (κ2) is 4.82. The Bertz CT molecular complexity index is 395. The zero-order valence-electron chi connectivity index (χ0n) is 8.50. The van der Waals surface area contributed by atoms with Crippen molar-refractivity contribution in [3.05, 3.63) is 34.9 Å². The summed E-state index contributed by atoms with van der Waals surface area (Å²) in [6.45, 7) is 1.85. The van der Waals surface area contributed by atoms with E-state index in [0.29, 0.717) is 17.9 Å². The maximum absolute atomic E-state index is 8.99. The Labute approximate surface area is 94.7 Å². The lowest BCUT2D eigenvalue weighted by molar-refractivity contribution is 0.499. The van der Waals surface area contributed by atoms with Gasteiger partial charge in [-0.15, -0.1) is 0 Å². The van der Waals surface area contributed by atoms with Crippen molar-refractivity contribution in [3.8, 4) is 12.1 Å². The fourth-order valence-electron chi connectivity index (χ4n) is 1.34. The molecule has 0 aliphatic heterocycles. The predicted octanol–water partition coefficient (Wildman–Crippen LogP) is 3.33. The molecular weight excluding hydrogens is 208 g/mol. The van der Waals surface area contributed by atoms with Gasteiger partial charge in [0.2, 0.25) is 0 Å². The molecule has 76 valence electrons. The Kier molecular flexibility index (Phi) is 3.72. The summed E-state index contributed by atoms with van der Waals surface area (Å²) >= 11 is 5.75. The summed E-state index contributed by atoms with van der Waals surface area (Å²) in [7, 11) is 0. The van der Waals surface area contributed by atoms with Gasteiger partial charge in [-0.1, -0.05) is 30.7 Å². The van der Waals surface area contributed by atoms with Crippen molar-refractivity contribution < 1.29 is 0 Å². The van der Waals surface area contributed by atoms with Crippen molar-refractivity contribution in [1.82, 2.24) is 0 Å². The zero-order valence-corrected chi connectivity index (χ0v) is 9.25. The smallest absolute Gasteiger partial charge is 0.147 e. The maximum Gasteiger partial charge on any atom is 0.147 e. The molecule has 0 saturated heterocycles. The van der Waals surface area contributed by atoms with Gasteiger partial charge in [0.05, 0.1) is 12.1 Å². The van der Waals surface area contributed by atoms with Crippen molar-refractivity contribution in [1.29, 1.82) is 10.5 Å². The molecule has 1 aromatic rings. The summed E-state index contributed by atoms with van der Waals surface area (Å²) < 4.78 is 0. The quantitative estimate of drug-likeness (QED) is 0.781. The lowest BCUT2D eigenvalue weighted by Gasteiger charge is -2.15. The van der Waals surface area contributed by atoms with Gasteiger partial charge in [0.1, 0.15) is 5.41 Å². The SMILES string of the molecule is CCC(C#N)(C#N)Cc1ccc(Cl)cc1. The van der Waals surface area contributed by atoms with Gasteiger partial charge in [-0.25, -0.2) is 0 Å². The van der Waals surface area contributed by atoms with Gasteiger partial charge in [-0.3, -0.25) is 0 Å². The van der Waals surface area contributed by atoms with Crippen molar-refractivity contribution in [3.63, 3.8) is 0 Å². The first-order valence-electron chi connectivity index (χ1n) is 4.73. The van der Waals surface area contributed by atoms with Gasteiger partial charge in [0.25, 0.3) is 0 Å². The van der Waals surface area contributed by atoms with Gasteiger partial charge >= 0.3 is 0 Å².